The maximum atomic E-state index is 13.1. The van der Waals surface area contributed by atoms with Crippen LogP contribution in [0, 0.1) is 6.92 Å². The lowest BCUT2D eigenvalue weighted by molar-refractivity contribution is -0.138. The van der Waals surface area contributed by atoms with Crippen LogP contribution in [-0.2, 0) is 11.2 Å². The number of amides is 2. The van der Waals surface area contributed by atoms with Gasteiger partial charge in [0.2, 0.25) is 0 Å². The van der Waals surface area contributed by atoms with Gasteiger partial charge in [0.25, 0.3) is 0 Å². The Kier molecular flexibility index (Phi) is 7.28. The summed E-state index contributed by atoms with van der Waals surface area (Å²) in [5, 5.41) is 12.8. The van der Waals surface area contributed by atoms with Crippen molar-refractivity contribution >= 4 is 29.3 Å². The maximum absolute atomic E-state index is 13.1. The Balaban J connectivity index is 1.95. The molecule has 2 amide bonds. The minimum absolute atomic E-state index is 0.221. The van der Waals surface area contributed by atoms with Crippen molar-refractivity contribution in [2.75, 3.05) is 25.1 Å². The Hall–Kier alpha value is -2.93. The van der Waals surface area contributed by atoms with Gasteiger partial charge in [-0.1, -0.05) is 17.7 Å². The van der Waals surface area contributed by atoms with Crippen LogP contribution in [0.25, 0.3) is 0 Å². The van der Waals surface area contributed by atoms with Crippen molar-refractivity contribution in [3.63, 3.8) is 0 Å². The standard InChI is InChI=1S/C23H27ClN2O5/c1-4-30-20-11-15-8-9-26(23(29)25-18-7-6-14(3)10-17(18)24)19(13-22(27)28)16(15)12-21(20)31-5-2/h6-7,10-12,19H,4-5,8-9,13H2,1-3H3,(H,25,29)(H,27,28)/t19-/m1/s1. The quantitative estimate of drug-likeness (QED) is 0.621. The zero-order chi connectivity index (χ0) is 22.5. The van der Waals surface area contributed by atoms with E-state index in [-0.39, 0.29) is 6.42 Å². The summed E-state index contributed by atoms with van der Waals surface area (Å²) in [6.07, 6.45) is 0.356. The third-order valence-electron chi connectivity index (χ3n) is 5.16. The molecule has 166 valence electrons. The summed E-state index contributed by atoms with van der Waals surface area (Å²) in [7, 11) is 0. The molecule has 2 aromatic rings. The van der Waals surface area contributed by atoms with Gasteiger partial charge in [-0.05, 0) is 68.1 Å². The molecule has 0 radical (unpaired) electrons. The monoisotopic (exact) mass is 446 g/mol. The summed E-state index contributed by atoms with van der Waals surface area (Å²) in [6, 6.07) is 8.02. The molecular weight excluding hydrogens is 420 g/mol. The topological polar surface area (TPSA) is 88.1 Å². The van der Waals surface area contributed by atoms with E-state index in [0.717, 1.165) is 16.7 Å². The van der Waals surface area contributed by atoms with Gasteiger partial charge in [-0.15, -0.1) is 0 Å². The fourth-order valence-electron chi connectivity index (χ4n) is 3.78. The minimum atomic E-state index is -0.990. The molecule has 8 heteroatoms. The highest BCUT2D eigenvalue weighted by Gasteiger charge is 2.34. The number of aryl methyl sites for hydroxylation is 1. The summed E-state index contributed by atoms with van der Waals surface area (Å²) >= 11 is 6.26. The third kappa shape index (κ3) is 5.22. The number of carboxylic acids is 1. The lowest BCUT2D eigenvalue weighted by Gasteiger charge is -2.37. The number of halogens is 1. The fourth-order valence-corrected chi connectivity index (χ4v) is 4.07. The number of carboxylic acid groups (broad SMARTS) is 1. The van der Waals surface area contributed by atoms with Crippen LogP contribution in [0.1, 0.15) is 43.0 Å². The number of rotatable bonds is 7. The first-order valence-electron chi connectivity index (χ1n) is 10.3. The van der Waals surface area contributed by atoms with E-state index in [1.807, 2.05) is 32.9 Å². The number of carbonyl (C=O) groups excluding carboxylic acids is 1. The van der Waals surface area contributed by atoms with Gasteiger partial charge in [0.15, 0.2) is 11.5 Å². The molecule has 0 spiro atoms. The SMILES string of the molecule is CCOc1cc2c(cc1OCC)[C@@H](CC(=O)O)N(C(=O)Nc1ccc(C)cc1Cl)CC2. The van der Waals surface area contributed by atoms with E-state index in [2.05, 4.69) is 5.32 Å². The van der Waals surface area contributed by atoms with E-state index in [1.54, 1.807) is 23.1 Å². The van der Waals surface area contributed by atoms with Crippen LogP contribution in [0.2, 0.25) is 5.02 Å². The number of ether oxygens (including phenoxy) is 2. The van der Waals surface area contributed by atoms with E-state index >= 15 is 0 Å². The molecule has 7 nitrogen and oxygen atoms in total. The summed E-state index contributed by atoms with van der Waals surface area (Å²) < 4.78 is 11.4. The van der Waals surface area contributed by atoms with Crippen LogP contribution in [-0.4, -0.2) is 41.8 Å². The number of benzene rings is 2. The Bertz CT molecular complexity index is 979. The van der Waals surface area contributed by atoms with Gasteiger partial charge in [-0.2, -0.15) is 0 Å². The van der Waals surface area contributed by atoms with Crippen molar-refractivity contribution in [2.45, 2.75) is 39.7 Å². The molecule has 0 aromatic heterocycles. The van der Waals surface area contributed by atoms with Crippen LogP contribution in [0.4, 0.5) is 10.5 Å². The molecule has 31 heavy (non-hydrogen) atoms. The fraction of sp³-hybridized carbons (Fsp3) is 0.391. The average molecular weight is 447 g/mol. The summed E-state index contributed by atoms with van der Waals surface area (Å²) in [5.41, 5.74) is 3.17. The molecule has 0 saturated heterocycles. The van der Waals surface area contributed by atoms with E-state index in [1.165, 1.54) is 0 Å². The van der Waals surface area contributed by atoms with Gasteiger partial charge in [0, 0.05) is 6.54 Å². The van der Waals surface area contributed by atoms with Crippen molar-refractivity contribution in [2.24, 2.45) is 0 Å². The number of urea groups is 1. The van der Waals surface area contributed by atoms with Crippen molar-refractivity contribution in [1.29, 1.82) is 0 Å². The second-order valence-corrected chi connectivity index (χ2v) is 7.74. The first kappa shape index (κ1) is 22.7. The van der Waals surface area contributed by atoms with Gasteiger partial charge in [-0.25, -0.2) is 4.79 Å². The molecule has 1 atom stereocenters. The molecular formula is C23H27ClN2O5. The predicted molar refractivity (Wildman–Crippen MR) is 119 cm³/mol. The molecule has 0 fully saturated rings. The number of nitrogens with one attached hydrogen (secondary N) is 1. The Morgan fingerprint density at radius 1 is 1.16 bits per heavy atom. The number of hydrogen-bond acceptors (Lipinski definition) is 4. The van der Waals surface area contributed by atoms with Crippen molar-refractivity contribution in [3.05, 3.63) is 52.0 Å². The second kappa shape index (κ2) is 9.92. The van der Waals surface area contributed by atoms with E-state index < -0.39 is 18.0 Å². The summed E-state index contributed by atoms with van der Waals surface area (Å²) in [5.74, 6) is 0.180. The molecule has 1 heterocycles. The second-order valence-electron chi connectivity index (χ2n) is 7.33. The largest absolute Gasteiger partial charge is 0.490 e. The van der Waals surface area contributed by atoms with Crippen LogP contribution >= 0.6 is 11.6 Å². The summed E-state index contributed by atoms with van der Waals surface area (Å²) in [6.45, 7) is 6.98. The molecule has 0 unspecified atom stereocenters. The molecule has 2 N–H and O–H groups in total. The van der Waals surface area contributed by atoms with Crippen molar-refractivity contribution < 1.29 is 24.2 Å². The zero-order valence-electron chi connectivity index (χ0n) is 17.9. The normalized spacial score (nSPS) is 15.2. The number of hydrogen-bond donors (Lipinski definition) is 2. The minimum Gasteiger partial charge on any atom is -0.490 e. The highest BCUT2D eigenvalue weighted by molar-refractivity contribution is 6.33. The van der Waals surface area contributed by atoms with E-state index in [4.69, 9.17) is 21.1 Å². The van der Waals surface area contributed by atoms with Crippen LogP contribution < -0.4 is 14.8 Å². The molecule has 1 aliphatic heterocycles. The van der Waals surface area contributed by atoms with Crippen molar-refractivity contribution in [3.8, 4) is 11.5 Å². The number of aliphatic carboxylic acids is 1. The molecule has 0 bridgehead atoms. The van der Waals surface area contributed by atoms with Crippen LogP contribution in [0.5, 0.6) is 11.5 Å². The molecule has 0 saturated carbocycles. The lowest BCUT2D eigenvalue weighted by atomic mass is 9.90. The zero-order valence-corrected chi connectivity index (χ0v) is 18.7. The Morgan fingerprint density at radius 3 is 2.45 bits per heavy atom. The van der Waals surface area contributed by atoms with Crippen LogP contribution in [0.3, 0.4) is 0 Å². The molecule has 1 aliphatic rings. The Morgan fingerprint density at radius 2 is 1.84 bits per heavy atom. The average Bonchev–Trinajstić information content (AvgIpc) is 2.71. The highest BCUT2D eigenvalue weighted by atomic mass is 35.5. The van der Waals surface area contributed by atoms with Gasteiger partial charge in [0.05, 0.1) is 36.4 Å². The highest BCUT2D eigenvalue weighted by Crippen LogP contribution is 2.40. The predicted octanol–water partition coefficient (Wildman–Crippen LogP) is 5.05. The van der Waals surface area contributed by atoms with Gasteiger partial charge in [0.1, 0.15) is 0 Å². The maximum Gasteiger partial charge on any atom is 0.322 e. The number of anilines is 1. The molecule has 2 aromatic carbocycles. The lowest BCUT2D eigenvalue weighted by Crippen LogP contribution is -2.43. The first-order chi connectivity index (χ1) is 14.8. The number of nitrogens with zero attached hydrogens (tertiary/aromatic N) is 1. The molecule has 0 aliphatic carbocycles. The summed E-state index contributed by atoms with van der Waals surface area (Å²) in [4.78, 5) is 26.3. The van der Waals surface area contributed by atoms with Gasteiger partial charge in [-0.3, -0.25) is 4.79 Å². The smallest absolute Gasteiger partial charge is 0.322 e. The number of fused-ring (bicyclic) bond motifs is 1. The third-order valence-corrected chi connectivity index (χ3v) is 5.47. The number of carbonyl (C=O) groups is 2. The van der Waals surface area contributed by atoms with Crippen molar-refractivity contribution in [1.82, 2.24) is 4.90 Å². The van der Waals surface area contributed by atoms with Gasteiger partial charge < -0.3 is 24.8 Å². The molecule has 3 rings (SSSR count). The van der Waals surface area contributed by atoms with E-state index in [0.29, 0.717) is 48.4 Å². The van der Waals surface area contributed by atoms with E-state index in [9.17, 15) is 14.7 Å². The van der Waals surface area contributed by atoms with Crippen LogP contribution in [0.15, 0.2) is 30.3 Å². The van der Waals surface area contributed by atoms with Gasteiger partial charge >= 0.3 is 12.0 Å². The Labute approximate surface area is 186 Å². The first-order valence-corrected chi connectivity index (χ1v) is 10.7.